The summed E-state index contributed by atoms with van der Waals surface area (Å²) in [5.41, 5.74) is -0.297. The number of halogens is 2. The van der Waals surface area contributed by atoms with E-state index in [0.29, 0.717) is 0 Å². The van der Waals surface area contributed by atoms with Crippen molar-refractivity contribution in [1.82, 2.24) is 0 Å². The van der Waals surface area contributed by atoms with Crippen LogP contribution in [-0.4, -0.2) is 18.2 Å². The molecule has 1 rings (SSSR count). The molecule has 1 N–H and O–H groups in total. The van der Waals surface area contributed by atoms with E-state index in [-0.39, 0.29) is 15.8 Å². The van der Waals surface area contributed by atoms with Crippen LogP contribution in [0.2, 0.25) is 0 Å². The van der Waals surface area contributed by atoms with Gasteiger partial charge in [0.2, 0.25) is 0 Å². The van der Waals surface area contributed by atoms with Gasteiger partial charge >= 0.3 is 5.97 Å². The van der Waals surface area contributed by atoms with Crippen LogP contribution in [0.5, 0.6) is 5.75 Å². The van der Waals surface area contributed by atoms with Crippen LogP contribution >= 0.6 is 15.9 Å². The molecule has 0 atom stereocenters. The van der Waals surface area contributed by atoms with E-state index in [1.54, 1.807) is 0 Å². The van der Waals surface area contributed by atoms with Gasteiger partial charge in [0.1, 0.15) is 11.3 Å². The summed E-state index contributed by atoms with van der Waals surface area (Å²) in [6.45, 7) is 0. The Labute approximate surface area is 82.3 Å². The third-order valence-electron chi connectivity index (χ3n) is 1.42. The van der Waals surface area contributed by atoms with Crippen molar-refractivity contribution in [3.8, 4) is 5.75 Å². The van der Waals surface area contributed by atoms with Crippen LogP contribution in [0.1, 0.15) is 10.4 Å². The van der Waals surface area contributed by atoms with Crippen LogP contribution in [0.15, 0.2) is 16.6 Å². The molecule has 0 unspecified atom stereocenters. The summed E-state index contributed by atoms with van der Waals surface area (Å²) in [4.78, 5) is 10.9. The third-order valence-corrected chi connectivity index (χ3v) is 2.00. The second-order valence-electron chi connectivity index (χ2n) is 2.28. The van der Waals surface area contributed by atoms with Crippen molar-refractivity contribution in [2.24, 2.45) is 0 Å². The predicted octanol–water partition coefficient (Wildman–Crippen LogP) is 2.08. The molecule has 0 aliphatic rings. The number of phenolic OH excluding ortho intramolecular Hbond substituents is 1. The molecule has 0 amide bonds. The van der Waals surface area contributed by atoms with Gasteiger partial charge in [0.05, 0.1) is 11.6 Å². The minimum Gasteiger partial charge on any atom is -0.508 e. The summed E-state index contributed by atoms with van der Waals surface area (Å²) in [7, 11) is 1.14. The van der Waals surface area contributed by atoms with Gasteiger partial charge in [-0.1, -0.05) is 0 Å². The molecule has 0 spiro atoms. The van der Waals surface area contributed by atoms with E-state index in [1.807, 2.05) is 0 Å². The van der Waals surface area contributed by atoms with Crippen molar-refractivity contribution in [3.05, 3.63) is 28.0 Å². The minimum atomic E-state index is -0.825. The average molecular weight is 249 g/mol. The number of phenols is 1. The molecule has 0 radical (unpaired) electrons. The number of esters is 1. The lowest BCUT2D eigenvalue weighted by Crippen LogP contribution is -2.04. The molecule has 13 heavy (non-hydrogen) atoms. The Morgan fingerprint density at radius 2 is 2.23 bits per heavy atom. The van der Waals surface area contributed by atoms with Crippen LogP contribution in [0.25, 0.3) is 0 Å². The van der Waals surface area contributed by atoms with E-state index >= 15 is 0 Å². The van der Waals surface area contributed by atoms with Gasteiger partial charge in [0, 0.05) is 0 Å². The summed E-state index contributed by atoms with van der Waals surface area (Å²) in [5.74, 6) is -1.77. The molecule has 0 saturated heterocycles. The van der Waals surface area contributed by atoms with Gasteiger partial charge in [-0.05, 0) is 28.1 Å². The highest BCUT2D eigenvalue weighted by molar-refractivity contribution is 9.10. The van der Waals surface area contributed by atoms with Crippen molar-refractivity contribution >= 4 is 21.9 Å². The maximum absolute atomic E-state index is 13.2. The van der Waals surface area contributed by atoms with E-state index in [9.17, 15) is 9.18 Å². The van der Waals surface area contributed by atoms with Crippen molar-refractivity contribution in [3.63, 3.8) is 0 Å². The van der Waals surface area contributed by atoms with Crippen molar-refractivity contribution in [2.45, 2.75) is 0 Å². The molecule has 3 nitrogen and oxygen atoms in total. The number of carbonyl (C=O) groups is 1. The fourth-order valence-corrected chi connectivity index (χ4v) is 1.28. The first kappa shape index (κ1) is 9.98. The quantitative estimate of drug-likeness (QED) is 0.775. The molecule has 1 aromatic rings. The lowest BCUT2D eigenvalue weighted by Gasteiger charge is -2.03. The molecule has 70 valence electrons. The summed E-state index contributed by atoms with van der Waals surface area (Å²) >= 11 is 2.85. The summed E-state index contributed by atoms with van der Waals surface area (Å²) < 4.78 is 17.5. The van der Waals surface area contributed by atoms with Crippen LogP contribution in [-0.2, 0) is 4.74 Å². The largest absolute Gasteiger partial charge is 0.508 e. The number of carbonyl (C=O) groups excluding carboxylic acids is 1. The monoisotopic (exact) mass is 248 g/mol. The minimum absolute atomic E-state index is 0.0212. The normalized spacial score (nSPS) is 9.77. The molecule has 0 fully saturated rings. The zero-order valence-electron chi connectivity index (χ0n) is 6.67. The topological polar surface area (TPSA) is 46.5 Å². The van der Waals surface area contributed by atoms with Crippen LogP contribution in [0.3, 0.4) is 0 Å². The predicted molar refractivity (Wildman–Crippen MR) is 47.1 cm³/mol. The summed E-state index contributed by atoms with van der Waals surface area (Å²) in [5, 5.41) is 9.06. The number of rotatable bonds is 1. The average Bonchev–Trinajstić information content (AvgIpc) is 2.10. The number of benzene rings is 1. The molecule has 0 heterocycles. The third kappa shape index (κ3) is 1.98. The smallest absolute Gasteiger partial charge is 0.341 e. The Kier molecular flexibility index (Phi) is 2.87. The Morgan fingerprint density at radius 1 is 1.62 bits per heavy atom. The second kappa shape index (κ2) is 3.74. The van der Waals surface area contributed by atoms with Gasteiger partial charge in [-0.25, -0.2) is 9.18 Å². The highest BCUT2D eigenvalue weighted by Crippen LogP contribution is 2.25. The zero-order chi connectivity index (χ0) is 10.0. The first-order valence-corrected chi connectivity index (χ1v) is 4.12. The first-order valence-electron chi connectivity index (χ1n) is 3.32. The number of hydrogen-bond acceptors (Lipinski definition) is 3. The summed E-state index contributed by atoms with van der Waals surface area (Å²) in [6, 6.07) is 2.16. The fraction of sp³-hybridized carbons (Fsp3) is 0.125. The van der Waals surface area contributed by atoms with Gasteiger partial charge < -0.3 is 9.84 Å². The van der Waals surface area contributed by atoms with Crippen LogP contribution in [0.4, 0.5) is 4.39 Å². The van der Waals surface area contributed by atoms with Crippen LogP contribution < -0.4 is 0 Å². The summed E-state index contributed by atoms with van der Waals surface area (Å²) in [6.07, 6.45) is 0. The molecule has 0 aliphatic carbocycles. The molecule has 0 aromatic heterocycles. The van der Waals surface area contributed by atoms with Gasteiger partial charge in [-0.15, -0.1) is 0 Å². The molecular formula is C8H6BrFO3. The maximum atomic E-state index is 13.2. The van der Waals surface area contributed by atoms with Gasteiger partial charge in [-0.3, -0.25) is 0 Å². The Bertz CT molecular complexity index is 351. The zero-order valence-corrected chi connectivity index (χ0v) is 8.26. The van der Waals surface area contributed by atoms with E-state index in [1.165, 1.54) is 0 Å². The number of methoxy groups -OCH3 is 1. The Hall–Kier alpha value is -1.10. The molecule has 1 aromatic carbocycles. The van der Waals surface area contributed by atoms with Crippen molar-refractivity contribution in [2.75, 3.05) is 7.11 Å². The molecule has 0 saturated carbocycles. The highest BCUT2D eigenvalue weighted by atomic mass is 79.9. The van der Waals surface area contributed by atoms with E-state index in [4.69, 9.17) is 5.11 Å². The standard InChI is InChI=1S/C8H6BrFO3/c1-13-8(12)5-2-4(11)3-6(9)7(5)10/h2-3,11H,1H3. The number of hydrogen-bond donors (Lipinski definition) is 1. The van der Waals surface area contributed by atoms with E-state index < -0.39 is 11.8 Å². The molecule has 5 heteroatoms. The highest BCUT2D eigenvalue weighted by Gasteiger charge is 2.15. The maximum Gasteiger partial charge on any atom is 0.341 e. The Balaban J connectivity index is 3.28. The fourth-order valence-electron chi connectivity index (χ4n) is 0.833. The second-order valence-corrected chi connectivity index (χ2v) is 3.14. The lowest BCUT2D eigenvalue weighted by molar-refractivity contribution is 0.0595. The molecule has 0 bridgehead atoms. The van der Waals surface area contributed by atoms with Crippen LogP contribution in [0, 0.1) is 5.82 Å². The first-order chi connectivity index (χ1) is 6.06. The Morgan fingerprint density at radius 3 is 2.77 bits per heavy atom. The van der Waals surface area contributed by atoms with E-state index in [0.717, 1.165) is 19.2 Å². The van der Waals surface area contributed by atoms with Gasteiger partial charge in [0.25, 0.3) is 0 Å². The lowest BCUT2D eigenvalue weighted by atomic mass is 10.2. The van der Waals surface area contributed by atoms with E-state index in [2.05, 4.69) is 20.7 Å². The van der Waals surface area contributed by atoms with Gasteiger partial charge in [0.15, 0.2) is 5.82 Å². The van der Waals surface area contributed by atoms with Crippen molar-refractivity contribution < 1.29 is 19.0 Å². The van der Waals surface area contributed by atoms with Gasteiger partial charge in [-0.2, -0.15) is 0 Å². The molecular weight excluding hydrogens is 243 g/mol. The number of ether oxygens (including phenoxy) is 1. The van der Waals surface area contributed by atoms with Crippen molar-refractivity contribution in [1.29, 1.82) is 0 Å². The number of aromatic hydroxyl groups is 1. The SMILES string of the molecule is COC(=O)c1cc(O)cc(Br)c1F. The molecule has 0 aliphatic heterocycles.